The van der Waals surface area contributed by atoms with Gasteiger partial charge in [-0.05, 0) is 5.41 Å². The maximum Gasteiger partial charge on any atom is 0.0457 e. The molecule has 11 heavy (non-hydrogen) atoms. The van der Waals surface area contributed by atoms with Crippen molar-refractivity contribution in [3.05, 3.63) is 0 Å². The van der Waals surface area contributed by atoms with E-state index in [4.69, 9.17) is 5.73 Å². The molecule has 66 valence electrons. The van der Waals surface area contributed by atoms with Gasteiger partial charge >= 0.3 is 0 Å². The van der Waals surface area contributed by atoms with E-state index < -0.39 is 0 Å². The first-order valence-corrected chi connectivity index (χ1v) is 4.21. The maximum atomic E-state index is 5.94. The molecule has 0 amide bonds. The van der Waals surface area contributed by atoms with Gasteiger partial charge in [-0.25, -0.2) is 0 Å². The average Bonchev–Trinajstić information content (AvgIpc) is 1.86. The summed E-state index contributed by atoms with van der Waals surface area (Å²) in [5.41, 5.74) is 6.21. The Balaban J connectivity index is 2.55. The molecule has 3 nitrogen and oxygen atoms in total. The van der Waals surface area contributed by atoms with Gasteiger partial charge in [0.25, 0.3) is 0 Å². The monoisotopic (exact) mass is 157 g/mol. The Labute approximate surface area is 68.7 Å². The topological polar surface area (TPSA) is 50.1 Å². The molecule has 0 bridgehead atoms. The van der Waals surface area contributed by atoms with E-state index in [1.165, 1.54) is 0 Å². The van der Waals surface area contributed by atoms with E-state index in [0.29, 0.717) is 6.04 Å². The van der Waals surface area contributed by atoms with Crippen molar-refractivity contribution >= 4 is 0 Å². The minimum absolute atomic E-state index is 0.240. The molecule has 0 aromatic heterocycles. The van der Waals surface area contributed by atoms with Gasteiger partial charge in [-0.3, -0.25) is 5.32 Å². The van der Waals surface area contributed by atoms with Crippen LogP contribution in [-0.2, 0) is 0 Å². The Morgan fingerprint density at radius 1 is 1.36 bits per heavy atom. The molecular weight excluding hydrogens is 138 g/mol. The van der Waals surface area contributed by atoms with Crippen molar-refractivity contribution in [3.63, 3.8) is 0 Å². The predicted octanol–water partition coefficient (Wildman–Crippen LogP) is -0.121. The minimum Gasteiger partial charge on any atom is -0.325 e. The fourth-order valence-corrected chi connectivity index (χ4v) is 1.64. The van der Waals surface area contributed by atoms with Gasteiger partial charge in [0.05, 0.1) is 0 Å². The van der Waals surface area contributed by atoms with Crippen molar-refractivity contribution in [3.8, 4) is 0 Å². The first kappa shape index (κ1) is 8.97. The molecule has 1 fully saturated rings. The van der Waals surface area contributed by atoms with Gasteiger partial charge in [-0.1, -0.05) is 20.8 Å². The SMILES string of the molecule is CC(C)(C)C1NCNCC1N. The average molecular weight is 157 g/mol. The van der Waals surface area contributed by atoms with Crippen LogP contribution in [0.2, 0.25) is 0 Å². The second kappa shape index (κ2) is 3.09. The summed E-state index contributed by atoms with van der Waals surface area (Å²) in [5.74, 6) is 0. The summed E-state index contributed by atoms with van der Waals surface area (Å²) in [6.07, 6.45) is 0. The van der Waals surface area contributed by atoms with Crippen molar-refractivity contribution in [1.82, 2.24) is 10.6 Å². The zero-order valence-electron chi connectivity index (χ0n) is 7.65. The second-order valence-electron chi connectivity index (χ2n) is 4.34. The number of hydrogen-bond donors (Lipinski definition) is 3. The highest BCUT2D eigenvalue weighted by molar-refractivity contribution is 4.92. The van der Waals surface area contributed by atoms with E-state index in [-0.39, 0.29) is 11.5 Å². The largest absolute Gasteiger partial charge is 0.325 e. The zero-order valence-corrected chi connectivity index (χ0v) is 7.65. The fourth-order valence-electron chi connectivity index (χ4n) is 1.64. The van der Waals surface area contributed by atoms with E-state index in [2.05, 4.69) is 31.4 Å². The standard InChI is InChI=1S/C8H19N3/c1-8(2,3)7-6(9)4-10-5-11-7/h6-7,10-11H,4-5,9H2,1-3H3. The number of nitrogens with one attached hydrogen (secondary N) is 2. The molecule has 0 saturated carbocycles. The quantitative estimate of drug-likeness (QED) is 0.459. The van der Waals surface area contributed by atoms with Crippen molar-refractivity contribution in [2.45, 2.75) is 32.9 Å². The Morgan fingerprint density at radius 3 is 2.36 bits per heavy atom. The highest BCUT2D eigenvalue weighted by Crippen LogP contribution is 2.21. The molecule has 1 heterocycles. The van der Waals surface area contributed by atoms with Crippen LogP contribution in [0.1, 0.15) is 20.8 Å². The lowest BCUT2D eigenvalue weighted by Crippen LogP contribution is -2.62. The molecule has 0 aromatic rings. The molecule has 2 atom stereocenters. The first-order chi connectivity index (χ1) is 5.02. The third-order valence-electron chi connectivity index (χ3n) is 2.19. The third kappa shape index (κ3) is 2.15. The lowest BCUT2D eigenvalue weighted by atomic mass is 9.82. The van der Waals surface area contributed by atoms with Crippen LogP contribution in [0.3, 0.4) is 0 Å². The molecule has 2 unspecified atom stereocenters. The van der Waals surface area contributed by atoms with Gasteiger partial charge in [-0.2, -0.15) is 0 Å². The summed E-state index contributed by atoms with van der Waals surface area (Å²) < 4.78 is 0. The summed E-state index contributed by atoms with van der Waals surface area (Å²) in [6, 6.07) is 0.674. The van der Waals surface area contributed by atoms with Gasteiger partial charge in [0, 0.05) is 25.3 Å². The molecule has 3 heteroatoms. The van der Waals surface area contributed by atoms with Gasteiger partial charge in [0.15, 0.2) is 0 Å². The minimum atomic E-state index is 0.240. The molecule has 1 saturated heterocycles. The van der Waals surface area contributed by atoms with E-state index in [1.54, 1.807) is 0 Å². The fraction of sp³-hybridized carbons (Fsp3) is 1.00. The molecule has 0 aromatic carbocycles. The van der Waals surface area contributed by atoms with E-state index in [0.717, 1.165) is 13.2 Å². The van der Waals surface area contributed by atoms with Crippen LogP contribution in [0, 0.1) is 5.41 Å². The molecule has 0 aliphatic carbocycles. The molecule has 1 rings (SSSR count). The number of rotatable bonds is 0. The second-order valence-corrected chi connectivity index (χ2v) is 4.34. The normalized spacial score (nSPS) is 33.8. The van der Waals surface area contributed by atoms with Crippen molar-refractivity contribution < 1.29 is 0 Å². The van der Waals surface area contributed by atoms with Gasteiger partial charge < -0.3 is 11.1 Å². The van der Waals surface area contributed by atoms with E-state index in [9.17, 15) is 0 Å². The smallest absolute Gasteiger partial charge is 0.0457 e. The van der Waals surface area contributed by atoms with Gasteiger partial charge in [0.1, 0.15) is 0 Å². The zero-order chi connectivity index (χ0) is 8.48. The Bertz CT molecular complexity index is 128. The van der Waals surface area contributed by atoms with Gasteiger partial charge in [0.2, 0.25) is 0 Å². The van der Waals surface area contributed by atoms with E-state index in [1.807, 2.05) is 0 Å². The summed E-state index contributed by atoms with van der Waals surface area (Å²) in [6.45, 7) is 8.46. The summed E-state index contributed by atoms with van der Waals surface area (Å²) in [5, 5.41) is 6.57. The molecule has 4 N–H and O–H groups in total. The Kier molecular flexibility index (Phi) is 2.52. The molecular formula is C8H19N3. The number of hydrogen-bond acceptors (Lipinski definition) is 3. The van der Waals surface area contributed by atoms with Gasteiger partial charge in [-0.15, -0.1) is 0 Å². The van der Waals surface area contributed by atoms with Crippen LogP contribution in [0.5, 0.6) is 0 Å². The molecule has 1 aliphatic heterocycles. The lowest BCUT2D eigenvalue weighted by Gasteiger charge is -2.39. The van der Waals surface area contributed by atoms with Crippen LogP contribution >= 0.6 is 0 Å². The lowest BCUT2D eigenvalue weighted by molar-refractivity contribution is 0.198. The number of nitrogens with two attached hydrogens (primary N) is 1. The van der Waals surface area contributed by atoms with Crippen LogP contribution in [-0.4, -0.2) is 25.3 Å². The Morgan fingerprint density at radius 2 is 2.00 bits per heavy atom. The van der Waals surface area contributed by atoms with Crippen LogP contribution in [0.25, 0.3) is 0 Å². The molecule has 0 radical (unpaired) electrons. The predicted molar refractivity (Wildman–Crippen MR) is 47.2 cm³/mol. The summed E-state index contributed by atoms with van der Waals surface area (Å²) >= 11 is 0. The summed E-state index contributed by atoms with van der Waals surface area (Å²) in [4.78, 5) is 0. The third-order valence-corrected chi connectivity index (χ3v) is 2.19. The molecule has 1 aliphatic rings. The maximum absolute atomic E-state index is 5.94. The highest BCUT2D eigenvalue weighted by atomic mass is 15.2. The highest BCUT2D eigenvalue weighted by Gasteiger charge is 2.31. The van der Waals surface area contributed by atoms with E-state index >= 15 is 0 Å². The van der Waals surface area contributed by atoms with Crippen LogP contribution in [0.4, 0.5) is 0 Å². The summed E-state index contributed by atoms with van der Waals surface area (Å²) in [7, 11) is 0. The van der Waals surface area contributed by atoms with Crippen molar-refractivity contribution in [1.29, 1.82) is 0 Å². The first-order valence-electron chi connectivity index (χ1n) is 4.21. The Hall–Kier alpha value is -0.120. The molecule has 0 spiro atoms. The van der Waals surface area contributed by atoms with Crippen LogP contribution in [0.15, 0.2) is 0 Å². The van der Waals surface area contributed by atoms with Crippen molar-refractivity contribution in [2.24, 2.45) is 11.1 Å². The van der Waals surface area contributed by atoms with Crippen molar-refractivity contribution in [2.75, 3.05) is 13.2 Å². The van der Waals surface area contributed by atoms with Crippen LogP contribution < -0.4 is 16.4 Å².